The minimum absolute atomic E-state index is 0.0131. The van der Waals surface area contributed by atoms with E-state index >= 15 is 0 Å². The molecule has 2 nitrogen and oxygen atoms in total. The molecule has 0 aliphatic heterocycles. The summed E-state index contributed by atoms with van der Waals surface area (Å²) in [4.78, 5) is 0. The fourth-order valence-corrected chi connectivity index (χ4v) is 3.50. The summed E-state index contributed by atoms with van der Waals surface area (Å²) in [5.74, 6) is -31.5. The van der Waals surface area contributed by atoms with Crippen molar-refractivity contribution in [3.8, 4) is 16.9 Å². The van der Waals surface area contributed by atoms with E-state index in [9.17, 15) is 57.7 Å². The number of fused-ring (bicyclic) bond motifs is 3. The molecule has 0 aromatic heterocycles. The van der Waals surface area contributed by atoms with Crippen LogP contribution >= 0.6 is 0 Å². The Bertz CT molecular complexity index is 1390. The summed E-state index contributed by atoms with van der Waals surface area (Å²) in [6, 6.07) is 0.0545. The lowest BCUT2D eigenvalue weighted by atomic mass is 9.78. The smallest absolute Gasteiger partial charge is 0.530 e. The molecule has 3 aromatic rings. The van der Waals surface area contributed by atoms with Crippen molar-refractivity contribution in [2.75, 3.05) is 0 Å². The summed E-state index contributed by atoms with van der Waals surface area (Å²) < 4.78 is 173. The number of rotatable bonds is 3. The standard InChI is InChI=1S/C19H3BF12O2/c21-3-1-4(10(23)5(22)2-3)20(33)34-18-9-7(12(25)15(28)17(18)30)6-8(19(9,31)32)13(26)16(29)14(27)11(6)24/h1-2,33H. The molecular formula is C19H3BF12O2. The number of alkyl halides is 2. The van der Waals surface area contributed by atoms with Crippen LogP contribution in [0.2, 0.25) is 0 Å². The van der Waals surface area contributed by atoms with Crippen molar-refractivity contribution in [1.29, 1.82) is 0 Å². The van der Waals surface area contributed by atoms with Crippen LogP contribution in [0.3, 0.4) is 0 Å². The van der Waals surface area contributed by atoms with Crippen LogP contribution in [0.4, 0.5) is 52.7 Å². The zero-order valence-corrected chi connectivity index (χ0v) is 15.6. The van der Waals surface area contributed by atoms with Gasteiger partial charge >= 0.3 is 13.0 Å². The maximum absolute atomic E-state index is 15.0. The van der Waals surface area contributed by atoms with E-state index in [-0.39, 0.29) is 12.1 Å². The number of hydrogen-bond donors (Lipinski definition) is 1. The molecule has 0 saturated carbocycles. The first-order valence-electron chi connectivity index (χ1n) is 8.66. The quantitative estimate of drug-likeness (QED) is 0.238. The van der Waals surface area contributed by atoms with Crippen LogP contribution in [0.1, 0.15) is 11.1 Å². The molecule has 3 aromatic carbocycles. The van der Waals surface area contributed by atoms with Gasteiger partial charge < -0.3 is 9.68 Å². The van der Waals surface area contributed by atoms with Gasteiger partial charge in [0.1, 0.15) is 5.82 Å². The molecule has 4 rings (SSSR count). The van der Waals surface area contributed by atoms with E-state index in [4.69, 9.17) is 0 Å². The van der Waals surface area contributed by atoms with Crippen LogP contribution < -0.4 is 10.1 Å². The summed E-state index contributed by atoms with van der Waals surface area (Å²) in [6.07, 6.45) is 0. The third kappa shape index (κ3) is 3.06. The van der Waals surface area contributed by atoms with Gasteiger partial charge in [0.25, 0.3) is 0 Å². The summed E-state index contributed by atoms with van der Waals surface area (Å²) in [5, 5.41) is 9.91. The molecule has 1 aliphatic carbocycles. The van der Waals surface area contributed by atoms with E-state index in [0.29, 0.717) is 0 Å². The molecule has 0 radical (unpaired) electrons. The maximum Gasteiger partial charge on any atom is 0.563 e. The van der Waals surface area contributed by atoms with Crippen LogP contribution in [0.5, 0.6) is 5.75 Å². The van der Waals surface area contributed by atoms with E-state index in [2.05, 4.69) is 4.65 Å². The molecule has 1 N–H and O–H groups in total. The molecule has 34 heavy (non-hydrogen) atoms. The first-order valence-corrected chi connectivity index (χ1v) is 8.66. The first-order chi connectivity index (χ1) is 15.7. The van der Waals surface area contributed by atoms with Gasteiger partial charge in [0.2, 0.25) is 5.82 Å². The van der Waals surface area contributed by atoms with Crippen LogP contribution in [0.25, 0.3) is 11.1 Å². The Kier molecular flexibility index (Phi) is 5.30. The van der Waals surface area contributed by atoms with Crippen LogP contribution in [-0.2, 0) is 5.92 Å². The van der Waals surface area contributed by atoms with E-state index < -0.39 is 105 Å². The average Bonchev–Trinajstić information content (AvgIpc) is 3.01. The summed E-state index contributed by atoms with van der Waals surface area (Å²) in [7, 11) is -3.07. The summed E-state index contributed by atoms with van der Waals surface area (Å²) in [6.45, 7) is 0. The lowest BCUT2D eigenvalue weighted by molar-refractivity contribution is 0.0404. The highest BCUT2D eigenvalue weighted by Gasteiger charge is 2.55. The predicted octanol–water partition coefficient (Wildman–Crippen LogP) is 4.96. The summed E-state index contributed by atoms with van der Waals surface area (Å²) >= 11 is 0. The molecule has 0 unspecified atom stereocenters. The van der Waals surface area contributed by atoms with Crippen molar-refractivity contribution < 1.29 is 62.4 Å². The second-order valence-electron chi connectivity index (χ2n) is 6.86. The van der Waals surface area contributed by atoms with E-state index in [1.54, 1.807) is 0 Å². The molecule has 0 amide bonds. The SMILES string of the molecule is OB(Oc1c(F)c(F)c(F)c2c1C(F)(F)c1c(F)c(F)c(F)c(F)c1-2)c1cc(F)cc(F)c1F. The zero-order valence-electron chi connectivity index (χ0n) is 15.6. The first kappa shape index (κ1) is 23.8. The minimum atomic E-state index is -5.14. The third-order valence-corrected chi connectivity index (χ3v) is 4.94. The second kappa shape index (κ2) is 7.58. The van der Waals surface area contributed by atoms with Gasteiger partial charge in [-0.3, -0.25) is 0 Å². The molecule has 0 bridgehead atoms. The van der Waals surface area contributed by atoms with Crippen molar-refractivity contribution in [3.63, 3.8) is 0 Å². The Morgan fingerprint density at radius 1 is 0.618 bits per heavy atom. The fourth-order valence-electron chi connectivity index (χ4n) is 3.50. The Morgan fingerprint density at radius 3 is 1.71 bits per heavy atom. The monoisotopic (exact) mass is 502 g/mol. The largest absolute Gasteiger partial charge is 0.563 e. The van der Waals surface area contributed by atoms with Crippen LogP contribution in [0, 0.1) is 58.2 Å². The van der Waals surface area contributed by atoms with E-state index in [1.807, 2.05) is 0 Å². The normalized spacial score (nSPS) is 13.7. The lowest BCUT2D eigenvalue weighted by Gasteiger charge is -2.20. The number of benzene rings is 3. The number of halogens is 12. The molecule has 15 heteroatoms. The van der Waals surface area contributed by atoms with Gasteiger partial charge in [-0.1, -0.05) is 0 Å². The molecular weight excluding hydrogens is 499 g/mol. The zero-order chi connectivity index (χ0) is 25.4. The summed E-state index contributed by atoms with van der Waals surface area (Å²) in [5.41, 5.74) is -10.1. The van der Waals surface area contributed by atoms with Crippen molar-refractivity contribution in [3.05, 3.63) is 81.4 Å². The molecule has 0 atom stereocenters. The van der Waals surface area contributed by atoms with Crippen molar-refractivity contribution >= 4 is 12.6 Å². The van der Waals surface area contributed by atoms with Gasteiger partial charge in [-0.25, -0.2) is 39.5 Å². The maximum atomic E-state index is 15.0. The highest BCUT2D eigenvalue weighted by Crippen LogP contribution is 2.58. The van der Waals surface area contributed by atoms with Crippen molar-refractivity contribution in [2.24, 2.45) is 0 Å². The molecule has 0 fully saturated rings. The van der Waals surface area contributed by atoms with Gasteiger partial charge in [0.05, 0.1) is 11.1 Å². The molecule has 0 saturated heterocycles. The Morgan fingerprint density at radius 2 is 1.12 bits per heavy atom. The minimum Gasteiger partial charge on any atom is -0.530 e. The second-order valence-corrected chi connectivity index (χ2v) is 6.86. The molecule has 178 valence electrons. The molecule has 0 spiro atoms. The topological polar surface area (TPSA) is 29.5 Å². The highest BCUT2D eigenvalue weighted by atomic mass is 19.3. The van der Waals surface area contributed by atoms with Gasteiger partial charge in [0.15, 0.2) is 52.3 Å². The Hall–Kier alpha value is -3.36. The molecule has 0 heterocycles. The highest BCUT2D eigenvalue weighted by molar-refractivity contribution is 6.60. The Labute approximate surface area is 180 Å². The van der Waals surface area contributed by atoms with E-state index in [0.717, 1.165) is 0 Å². The van der Waals surface area contributed by atoms with Gasteiger partial charge in [-0.05, 0) is 6.07 Å². The van der Waals surface area contributed by atoms with Crippen LogP contribution in [0.15, 0.2) is 12.1 Å². The third-order valence-electron chi connectivity index (χ3n) is 4.94. The van der Waals surface area contributed by atoms with Crippen molar-refractivity contribution in [2.45, 2.75) is 5.92 Å². The van der Waals surface area contributed by atoms with Gasteiger partial charge in [-0.15, -0.1) is 0 Å². The molecule has 1 aliphatic rings. The lowest BCUT2D eigenvalue weighted by Crippen LogP contribution is -2.40. The van der Waals surface area contributed by atoms with E-state index in [1.165, 1.54) is 0 Å². The van der Waals surface area contributed by atoms with Gasteiger partial charge in [-0.2, -0.15) is 13.2 Å². The predicted molar refractivity (Wildman–Crippen MR) is 89.1 cm³/mol. The van der Waals surface area contributed by atoms with Gasteiger partial charge in [0, 0.05) is 22.7 Å². The van der Waals surface area contributed by atoms with Crippen molar-refractivity contribution in [1.82, 2.24) is 0 Å². The van der Waals surface area contributed by atoms with Crippen LogP contribution in [-0.4, -0.2) is 12.1 Å². The fraction of sp³-hybridized carbons (Fsp3) is 0.0526. The average molecular weight is 502 g/mol. The number of hydrogen-bond acceptors (Lipinski definition) is 2. The Balaban J connectivity index is 2.02.